The molecule has 0 aliphatic rings. The van der Waals surface area contributed by atoms with Crippen molar-refractivity contribution in [1.82, 2.24) is 8.96 Å². The Kier molecular flexibility index (Phi) is 3.17. The van der Waals surface area contributed by atoms with E-state index in [2.05, 4.69) is 4.98 Å². The van der Waals surface area contributed by atoms with Crippen molar-refractivity contribution < 1.29 is 12.8 Å². The number of hydrogen-bond acceptors (Lipinski definition) is 4. The van der Waals surface area contributed by atoms with E-state index in [1.54, 1.807) is 43.3 Å². The van der Waals surface area contributed by atoms with Gasteiger partial charge in [-0.2, -0.15) is 0 Å². The van der Waals surface area contributed by atoms with Gasteiger partial charge in [0.25, 0.3) is 10.0 Å². The predicted molar refractivity (Wildman–Crippen MR) is 78.4 cm³/mol. The van der Waals surface area contributed by atoms with Crippen LogP contribution < -0.4 is 0 Å². The lowest BCUT2D eigenvalue weighted by Crippen LogP contribution is -2.13. The van der Waals surface area contributed by atoms with E-state index in [1.165, 1.54) is 12.5 Å². The summed E-state index contributed by atoms with van der Waals surface area (Å²) in [7, 11) is -3.70. The second-order valence-corrected chi connectivity index (χ2v) is 6.61. The molecular weight excluding hydrogens is 288 g/mol. The number of benzene rings is 1. The maximum Gasteiger partial charge on any atom is 0.269 e. The average Bonchev–Trinajstić information content (AvgIpc) is 3.08. The Balaban J connectivity index is 2.18. The molecule has 0 saturated carbocycles. The predicted octanol–water partition coefficient (Wildman–Crippen LogP) is 3.00. The van der Waals surface area contributed by atoms with Crippen molar-refractivity contribution in [3.8, 4) is 11.6 Å². The van der Waals surface area contributed by atoms with Gasteiger partial charge in [-0.05, 0) is 38.1 Å². The van der Waals surface area contributed by atoms with Crippen LogP contribution in [0.15, 0.2) is 58.2 Å². The Morgan fingerprint density at radius 3 is 2.43 bits per heavy atom. The summed E-state index contributed by atoms with van der Waals surface area (Å²) in [6, 6.07) is 10.1. The lowest BCUT2D eigenvalue weighted by Gasteiger charge is -2.08. The van der Waals surface area contributed by atoms with E-state index >= 15 is 0 Å². The highest BCUT2D eigenvalue weighted by Gasteiger charge is 2.23. The molecule has 0 N–H and O–H groups in total. The van der Waals surface area contributed by atoms with E-state index in [4.69, 9.17) is 4.42 Å². The second kappa shape index (κ2) is 4.89. The molecule has 0 unspecified atom stereocenters. The first-order valence-corrected chi connectivity index (χ1v) is 7.84. The Hall–Kier alpha value is -2.34. The van der Waals surface area contributed by atoms with E-state index in [9.17, 15) is 8.42 Å². The van der Waals surface area contributed by atoms with E-state index in [0.717, 1.165) is 9.54 Å². The van der Waals surface area contributed by atoms with Crippen molar-refractivity contribution in [2.75, 3.05) is 0 Å². The van der Waals surface area contributed by atoms with Gasteiger partial charge in [0.05, 0.1) is 16.9 Å². The van der Waals surface area contributed by atoms with Crippen LogP contribution in [0.5, 0.6) is 0 Å². The van der Waals surface area contributed by atoms with E-state index in [0.29, 0.717) is 11.5 Å². The fourth-order valence-electron chi connectivity index (χ4n) is 2.05. The Morgan fingerprint density at radius 2 is 1.81 bits per heavy atom. The summed E-state index contributed by atoms with van der Waals surface area (Å²) in [4.78, 5) is 4.47. The minimum Gasteiger partial charge on any atom is -0.461 e. The van der Waals surface area contributed by atoms with Crippen molar-refractivity contribution >= 4 is 10.0 Å². The standard InChI is InChI=1S/C15H14N2O3S/c1-11-5-7-13(8-6-11)21(18,19)17-10-12(2)16-15(17)14-4-3-9-20-14/h3-10H,1-2H3. The molecule has 21 heavy (non-hydrogen) atoms. The lowest BCUT2D eigenvalue weighted by atomic mass is 10.2. The van der Waals surface area contributed by atoms with Crippen molar-refractivity contribution in [1.29, 1.82) is 0 Å². The number of hydrogen-bond donors (Lipinski definition) is 0. The minimum atomic E-state index is -3.70. The van der Waals surface area contributed by atoms with Gasteiger partial charge >= 0.3 is 0 Å². The van der Waals surface area contributed by atoms with Gasteiger partial charge in [0.1, 0.15) is 0 Å². The highest BCUT2D eigenvalue weighted by Crippen LogP contribution is 2.24. The van der Waals surface area contributed by atoms with Gasteiger partial charge in [-0.15, -0.1) is 0 Å². The van der Waals surface area contributed by atoms with Gasteiger partial charge in [0, 0.05) is 6.20 Å². The Bertz CT molecular complexity index is 860. The summed E-state index contributed by atoms with van der Waals surface area (Å²) in [6.45, 7) is 3.65. The van der Waals surface area contributed by atoms with Gasteiger partial charge in [-0.1, -0.05) is 17.7 Å². The lowest BCUT2D eigenvalue weighted by molar-refractivity contribution is 0.569. The molecule has 0 amide bonds. The third kappa shape index (κ3) is 2.38. The number of imidazole rings is 1. The molecule has 3 aromatic rings. The molecule has 2 aromatic heterocycles. The molecule has 2 heterocycles. The SMILES string of the molecule is Cc1ccc(S(=O)(=O)n2cc(C)nc2-c2ccco2)cc1. The van der Waals surface area contributed by atoms with Gasteiger partial charge in [-0.25, -0.2) is 17.4 Å². The molecule has 0 saturated heterocycles. The zero-order chi connectivity index (χ0) is 15.0. The molecule has 0 atom stereocenters. The van der Waals surface area contributed by atoms with Crippen molar-refractivity contribution in [3.63, 3.8) is 0 Å². The van der Waals surface area contributed by atoms with Crippen LogP contribution in [0.25, 0.3) is 11.6 Å². The highest BCUT2D eigenvalue weighted by molar-refractivity contribution is 7.90. The maximum absolute atomic E-state index is 12.8. The van der Waals surface area contributed by atoms with Crippen LogP contribution in [0.3, 0.4) is 0 Å². The normalized spacial score (nSPS) is 11.7. The first-order valence-electron chi connectivity index (χ1n) is 6.40. The van der Waals surface area contributed by atoms with Crippen LogP contribution in [-0.4, -0.2) is 17.4 Å². The van der Waals surface area contributed by atoms with Gasteiger partial charge < -0.3 is 4.42 Å². The molecule has 0 bridgehead atoms. The quantitative estimate of drug-likeness (QED) is 0.746. The molecular formula is C15H14N2O3S. The van der Waals surface area contributed by atoms with Crippen molar-refractivity contribution in [2.24, 2.45) is 0 Å². The number of furan rings is 1. The molecule has 1 aromatic carbocycles. The zero-order valence-electron chi connectivity index (χ0n) is 11.6. The number of nitrogens with zero attached hydrogens (tertiary/aromatic N) is 2. The van der Waals surface area contributed by atoms with Crippen molar-refractivity contribution in [2.45, 2.75) is 18.7 Å². The third-order valence-electron chi connectivity index (χ3n) is 3.11. The smallest absolute Gasteiger partial charge is 0.269 e. The molecule has 0 radical (unpaired) electrons. The first kappa shape index (κ1) is 13.6. The fourth-order valence-corrected chi connectivity index (χ4v) is 3.41. The summed E-state index contributed by atoms with van der Waals surface area (Å²) < 4.78 is 31.9. The molecule has 5 nitrogen and oxygen atoms in total. The number of rotatable bonds is 3. The summed E-state index contributed by atoms with van der Waals surface area (Å²) in [5.41, 5.74) is 1.61. The minimum absolute atomic E-state index is 0.221. The Morgan fingerprint density at radius 1 is 1.10 bits per heavy atom. The number of aryl methyl sites for hydroxylation is 2. The van der Waals surface area contributed by atoms with Gasteiger partial charge in [0.2, 0.25) is 0 Å². The van der Waals surface area contributed by atoms with Crippen LogP contribution in [0.2, 0.25) is 0 Å². The molecule has 0 aliphatic heterocycles. The Labute approximate surface area is 122 Å². The number of aromatic nitrogens is 2. The summed E-state index contributed by atoms with van der Waals surface area (Å²) in [5.74, 6) is 0.692. The summed E-state index contributed by atoms with van der Waals surface area (Å²) in [6.07, 6.45) is 2.98. The van der Waals surface area contributed by atoms with Gasteiger partial charge in [0.15, 0.2) is 11.6 Å². The molecule has 3 rings (SSSR count). The van der Waals surface area contributed by atoms with E-state index in [-0.39, 0.29) is 10.7 Å². The molecule has 0 spiro atoms. The van der Waals surface area contributed by atoms with Gasteiger partial charge in [-0.3, -0.25) is 0 Å². The first-order chi connectivity index (χ1) is 9.98. The van der Waals surface area contributed by atoms with E-state index < -0.39 is 10.0 Å². The molecule has 6 heteroatoms. The largest absolute Gasteiger partial charge is 0.461 e. The fraction of sp³-hybridized carbons (Fsp3) is 0.133. The molecule has 108 valence electrons. The zero-order valence-corrected chi connectivity index (χ0v) is 12.5. The topological polar surface area (TPSA) is 65.1 Å². The summed E-state index contributed by atoms with van der Waals surface area (Å²) >= 11 is 0. The third-order valence-corrected chi connectivity index (χ3v) is 4.78. The monoisotopic (exact) mass is 302 g/mol. The van der Waals surface area contributed by atoms with Crippen molar-refractivity contribution in [3.05, 3.63) is 60.1 Å². The van der Waals surface area contributed by atoms with Crippen LogP contribution in [0, 0.1) is 13.8 Å². The van der Waals surface area contributed by atoms with Crippen LogP contribution >= 0.6 is 0 Å². The summed E-state index contributed by atoms with van der Waals surface area (Å²) in [5, 5.41) is 0. The molecule has 0 fully saturated rings. The second-order valence-electron chi connectivity index (χ2n) is 4.80. The maximum atomic E-state index is 12.8. The van der Waals surface area contributed by atoms with Crippen LogP contribution in [-0.2, 0) is 10.0 Å². The van der Waals surface area contributed by atoms with Crippen LogP contribution in [0.4, 0.5) is 0 Å². The average molecular weight is 302 g/mol. The van der Waals surface area contributed by atoms with Crippen LogP contribution in [0.1, 0.15) is 11.3 Å². The van der Waals surface area contributed by atoms with E-state index in [1.807, 2.05) is 6.92 Å². The highest BCUT2D eigenvalue weighted by atomic mass is 32.2. The molecule has 0 aliphatic carbocycles.